The van der Waals surface area contributed by atoms with E-state index in [-0.39, 0.29) is 5.54 Å². The summed E-state index contributed by atoms with van der Waals surface area (Å²) in [7, 11) is 0. The summed E-state index contributed by atoms with van der Waals surface area (Å²) < 4.78 is 0. The van der Waals surface area contributed by atoms with Gasteiger partial charge in [0.2, 0.25) is 0 Å². The van der Waals surface area contributed by atoms with Crippen molar-refractivity contribution in [2.24, 2.45) is 17.6 Å². The van der Waals surface area contributed by atoms with E-state index in [0.717, 1.165) is 18.4 Å². The van der Waals surface area contributed by atoms with Crippen LogP contribution < -0.4 is 11.1 Å². The highest BCUT2D eigenvalue weighted by Gasteiger charge is 2.33. The van der Waals surface area contributed by atoms with Gasteiger partial charge >= 0.3 is 0 Å². The van der Waals surface area contributed by atoms with Crippen LogP contribution in [0.4, 0.5) is 0 Å². The standard InChI is InChI=1S/C19H32N2/c1-15(2)17-10-7-12-19(14-20,13-11-17)21-16(3)18-8-5-4-6-9-18/h4-6,8-9,15-17,21H,7,10-14,20H2,1-3H3. The molecule has 1 aromatic carbocycles. The molecule has 2 heteroatoms. The molecule has 0 amide bonds. The molecule has 3 unspecified atom stereocenters. The molecule has 2 rings (SSSR count). The summed E-state index contributed by atoms with van der Waals surface area (Å²) in [5, 5.41) is 3.87. The maximum absolute atomic E-state index is 6.19. The van der Waals surface area contributed by atoms with Crippen LogP contribution in [0.2, 0.25) is 0 Å². The van der Waals surface area contributed by atoms with Crippen LogP contribution in [-0.2, 0) is 0 Å². The monoisotopic (exact) mass is 288 g/mol. The van der Waals surface area contributed by atoms with Crippen molar-refractivity contribution < 1.29 is 0 Å². The predicted molar refractivity (Wildman–Crippen MR) is 91.2 cm³/mol. The minimum Gasteiger partial charge on any atom is -0.329 e. The summed E-state index contributed by atoms with van der Waals surface area (Å²) in [5.74, 6) is 1.66. The van der Waals surface area contributed by atoms with Gasteiger partial charge in [-0.25, -0.2) is 0 Å². The smallest absolute Gasteiger partial charge is 0.0309 e. The summed E-state index contributed by atoms with van der Waals surface area (Å²) >= 11 is 0. The van der Waals surface area contributed by atoms with Crippen LogP contribution in [0.15, 0.2) is 30.3 Å². The van der Waals surface area contributed by atoms with Crippen molar-refractivity contribution in [3.8, 4) is 0 Å². The molecule has 1 aromatic rings. The van der Waals surface area contributed by atoms with E-state index in [9.17, 15) is 0 Å². The lowest BCUT2D eigenvalue weighted by Gasteiger charge is -2.36. The zero-order chi connectivity index (χ0) is 15.3. The Balaban J connectivity index is 2.04. The molecule has 0 heterocycles. The first-order valence-electron chi connectivity index (χ1n) is 8.59. The van der Waals surface area contributed by atoms with Gasteiger partial charge in [0.1, 0.15) is 0 Å². The third-order valence-corrected chi connectivity index (χ3v) is 5.38. The van der Waals surface area contributed by atoms with Gasteiger partial charge in [-0.15, -0.1) is 0 Å². The third kappa shape index (κ3) is 4.31. The lowest BCUT2D eigenvalue weighted by molar-refractivity contribution is 0.256. The Morgan fingerprint density at radius 2 is 1.86 bits per heavy atom. The first kappa shape index (κ1) is 16.5. The maximum atomic E-state index is 6.19. The molecule has 21 heavy (non-hydrogen) atoms. The summed E-state index contributed by atoms with van der Waals surface area (Å²) in [6, 6.07) is 11.1. The van der Waals surface area contributed by atoms with Crippen molar-refractivity contribution in [2.45, 2.75) is 64.5 Å². The van der Waals surface area contributed by atoms with E-state index in [4.69, 9.17) is 5.73 Å². The second kappa shape index (κ2) is 7.42. The van der Waals surface area contributed by atoms with E-state index >= 15 is 0 Å². The van der Waals surface area contributed by atoms with Crippen molar-refractivity contribution in [3.63, 3.8) is 0 Å². The Hall–Kier alpha value is -0.860. The quantitative estimate of drug-likeness (QED) is 0.794. The Bertz CT molecular complexity index is 415. The SMILES string of the molecule is CC(NC1(CN)CCCC(C(C)C)CC1)c1ccccc1. The first-order valence-corrected chi connectivity index (χ1v) is 8.59. The number of nitrogens with one attached hydrogen (secondary N) is 1. The van der Waals surface area contributed by atoms with Crippen LogP contribution in [-0.4, -0.2) is 12.1 Å². The summed E-state index contributed by atoms with van der Waals surface area (Å²) in [6.45, 7) is 7.73. The Morgan fingerprint density at radius 1 is 1.14 bits per heavy atom. The zero-order valence-corrected chi connectivity index (χ0v) is 13.9. The van der Waals surface area contributed by atoms with Gasteiger partial charge < -0.3 is 11.1 Å². The van der Waals surface area contributed by atoms with Crippen molar-refractivity contribution in [1.29, 1.82) is 0 Å². The molecule has 0 aliphatic heterocycles. The van der Waals surface area contributed by atoms with Gasteiger partial charge in [0, 0.05) is 18.1 Å². The highest BCUT2D eigenvalue weighted by molar-refractivity contribution is 5.19. The molecule has 3 atom stereocenters. The van der Waals surface area contributed by atoms with Gasteiger partial charge in [-0.2, -0.15) is 0 Å². The molecule has 2 nitrogen and oxygen atoms in total. The molecule has 1 aliphatic carbocycles. The first-order chi connectivity index (χ1) is 10.1. The van der Waals surface area contributed by atoms with Crippen LogP contribution in [0, 0.1) is 11.8 Å². The van der Waals surface area contributed by atoms with Gasteiger partial charge in [0.25, 0.3) is 0 Å². The average Bonchev–Trinajstić information content (AvgIpc) is 2.71. The molecule has 1 saturated carbocycles. The van der Waals surface area contributed by atoms with Gasteiger partial charge in [0.05, 0.1) is 0 Å². The Kier molecular flexibility index (Phi) is 5.83. The molecule has 3 N–H and O–H groups in total. The van der Waals surface area contributed by atoms with E-state index in [1.807, 2.05) is 0 Å². The lowest BCUT2D eigenvalue weighted by Crippen LogP contribution is -2.51. The zero-order valence-electron chi connectivity index (χ0n) is 13.9. The molecule has 0 bridgehead atoms. The molecule has 118 valence electrons. The molecule has 1 fully saturated rings. The topological polar surface area (TPSA) is 38.0 Å². The van der Waals surface area contributed by atoms with Gasteiger partial charge in [-0.1, -0.05) is 57.0 Å². The summed E-state index contributed by atoms with van der Waals surface area (Å²) in [6.07, 6.45) is 6.40. The largest absolute Gasteiger partial charge is 0.329 e. The van der Waals surface area contributed by atoms with E-state index < -0.39 is 0 Å². The fourth-order valence-corrected chi connectivity index (χ4v) is 3.79. The number of hydrogen-bond acceptors (Lipinski definition) is 2. The summed E-state index contributed by atoms with van der Waals surface area (Å²) in [4.78, 5) is 0. The molecular weight excluding hydrogens is 256 g/mol. The molecule has 0 spiro atoms. The number of benzene rings is 1. The Morgan fingerprint density at radius 3 is 2.48 bits per heavy atom. The second-order valence-electron chi connectivity index (χ2n) is 7.20. The van der Waals surface area contributed by atoms with Crippen molar-refractivity contribution >= 4 is 0 Å². The van der Waals surface area contributed by atoms with Gasteiger partial charge in [-0.05, 0) is 43.6 Å². The van der Waals surface area contributed by atoms with Crippen molar-refractivity contribution in [3.05, 3.63) is 35.9 Å². The predicted octanol–water partition coefficient (Wildman–Crippen LogP) is 4.27. The number of nitrogens with two attached hydrogens (primary N) is 1. The fourth-order valence-electron chi connectivity index (χ4n) is 3.79. The van der Waals surface area contributed by atoms with Gasteiger partial charge in [0.15, 0.2) is 0 Å². The van der Waals surface area contributed by atoms with E-state index in [2.05, 4.69) is 56.4 Å². The molecule has 0 radical (unpaired) electrons. The van der Waals surface area contributed by atoms with Gasteiger partial charge in [-0.3, -0.25) is 0 Å². The minimum absolute atomic E-state index is 0.124. The maximum Gasteiger partial charge on any atom is 0.0309 e. The molecule has 0 saturated heterocycles. The number of rotatable bonds is 5. The molecule has 0 aromatic heterocycles. The highest BCUT2D eigenvalue weighted by Crippen LogP contribution is 2.35. The van der Waals surface area contributed by atoms with E-state index in [1.54, 1.807) is 0 Å². The normalized spacial score (nSPS) is 28.3. The molecule has 1 aliphatic rings. The lowest BCUT2D eigenvalue weighted by atomic mass is 9.86. The molecular formula is C19H32N2. The summed E-state index contributed by atoms with van der Waals surface area (Å²) in [5.41, 5.74) is 7.67. The van der Waals surface area contributed by atoms with Crippen LogP contribution in [0.25, 0.3) is 0 Å². The Labute approximate surface area is 130 Å². The number of hydrogen-bond donors (Lipinski definition) is 2. The third-order valence-electron chi connectivity index (χ3n) is 5.38. The van der Waals surface area contributed by atoms with Crippen molar-refractivity contribution in [2.75, 3.05) is 6.54 Å². The van der Waals surface area contributed by atoms with Crippen LogP contribution >= 0.6 is 0 Å². The van der Waals surface area contributed by atoms with Crippen molar-refractivity contribution in [1.82, 2.24) is 5.32 Å². The fraction of sp³-hybridized carbons (Fsp3) is 0.684. The average molecular weight is 288 g/mol. The highest BCUT2D eigenvalue weighted by atomic mass is 15.0. The second-order valence-corrected chi connectivity index (χ2v) is 7.20. The van der Waals surface area contributed by atoms with Crippen LogP contribution in [0.5, 0.6) is 0 Å². The van der Waals surface area contributed by atoms with E-state index in [0.29, 0.717) is 6.04 Å². The minimum atomic E-state index is 0.124. The van der Waals surface area contributed by atoms with Crippen LogP contribution in [0.3, 0.4) is 0 Å². The van der Waals surface area contributed by atoms with E-state index in [1.165, 1.54) is 37.7 Å². The van der Waals surface area contributed by atoms with Crippen LogP contribution in [0.1, 0.15) is 64.5 Å².